The summed E-state index contributed by atoms with van der Waals surface area (Å²) in [4.78, 5) is 15.2. The van der Waals surface area contributed by atoms with Crippen LogP contribution in [0.25, 0.3) is 22.4 Å². The predicted molar refractivity (Wildman–Crippen MR) is 92.3 cm³/mol. The topological polar surface area (TPSA) is 76.5 Å². The van der Waals surface area contributed by atoms with Crippen molar-refractivity contribution in [3.05, 3.63) is 77.1 Å². The van der Waals surface area contributed by atoms with Gasteiger partial charge in [0, 0.05) is 16.5 Å². The van der Waals surface area contributed by atoms with Crippen LogP contribution in [0.3, 0.4) is 0 Å². The second kappa shape index (κ2) is 6.24. The van der Waals surface area contributed by atoms with Crippen molar-refractivity contribution in [1.82, 2.24) is 4.98 Å². The van der Waals surface area contributed by atoms with Gasteiger partial charge in [-0.05, 0) is 49.4 Å². The first-order valence-electron chi connectivity index (χ1n) is 7.95. The summed E-state index contributed by atoms with van der Waals surface area (Å²) in [5.74, 6) is 0.509. The van der Waals surface area contributed by atoms with Crippen LogP contribution in [0.2, 0.25) is 0 Å². The molecule has 0 saturated heterocycles. The van der Waals surface area contributed by atoms with E-state index in [0.29, 0.717) is 33.6 Å². The van der Waals surface area contributed by atoms with Gasteiger partial charge in [-0.15, -0.1) is 0 Å². The average Bonchev–Trinajstić information content (AvgIpc) is 3.24. The molecule has 1 atom stereocenters. The predicted octanol–water partition coefficient (Wildman–Crippen LogP) is 4.43. The third-order valence-corrected chi connectivity index (χ3v) is 4.13. The number of aryl methyl sites for hydroxylation is 1. The van der Waals surface area contributed by atoms with Crippen molar-refractivity contribution in [2.24, 2.45) is 0 Å². The van der Waals surface area contributed by atoms with Crippen LogP contribution in [-0.2, 0) is 0 Å². The Hall–Kier alpha value is -3.25. The van der Waals surface area contributed by atoms with E-state index in [2.05, 4.69) is 4.98 Å². The summed E-state index contributed by atoms with van der Waals surface area (Å²) in [5.41, 5.74) is 1.84. The molecule has 0 amide bonds. The summed E-state index contributed by atoms with van der Waals surface area (Å²) in [6, 6.07) is 12.5. The van der Waals surface area contributed by atoms with Crippen LogP contribution in [-0.4, -0.2) is 16.4 Å². The number of aldehydes is 1. The van der Waals surface area contributed by atoms with E-state index in [4.69, 9.17) is 8.83 Å². The summed E-state index contributed by atoms with van der Waals surface area (Å²) in [6.07, 6.45) is -0.400. The van der Waals surface area contributed by atoms with Crippen molar-refractivity contribution >= 4 is 17.3 Å². The third kappa shape index (κ3) is 2.80. The molecule has 4 rings (SSSR count). The standard InChI is InChI=1S/C20H14FNO4/c1-11-18(22-20(25-11)13-3-2-4-15(21)8-13)19(24)17-9-14-7-12(10-23)5-6-16(14)26-17/h2-10,19,24H,1H3. The zero-order valence-electron chi connectivity index (χ0n) is 13.8. The SMILES string of the molecule is Cc1oc(-c2cccc(F)c2)nc1C(O)c1cc2cc(C=O)ccc2o1. The molecule has 0 aliphatic carbocycles. The van der Waals surface area contributed by atoms with E-state index >= 15 is 0 Å². The molecule has 5 nitrogen and oxygen atoms in total. The maximum Gasteiger partial charge on any atom is 0.226 e. The highest BCUT2D eigenvalue weighted by molar-refractivity contribution is 5.86. The van der Waals surface area contributed by atoms with E-state index in [1.165, 1.54) is 12.1 Å². The number of benzene rings is 2. The quantitative estimate of drug-likeness (QED) is 0.551. The highest BCUT2D eigenvalue weighted by Gasteiger charge is 2.23. The molecule has 0 spiro atoms. The second-order valence-corrected chi connectivity index (χ2v) is 5.94. The molecule has 0 saturated carbocycles. The van der Waals surface area contributed by atoms with Crippen molar-refractivity contribution in [2.45, 2.75) is 13.0 Å². The third-order valence-electron chi connectivity index (χ3n) is 4.13. The molecule has 6 heteroatoms. The van der Waals surface area contributed by atoms with Gasteiger partial charge in [-0.1, -0.05) is 6.07 Å². The van der Waals surface area contributed by atoms with Crippen LogP contribution in [0.5, 0.6) is 0 Å². The number of halogens is 1. The van der Waals surface area contributed by atoms with E-state index in [0.717, 1.165) is 6.29 Å². The smallest absolute Gasteiger partial charge is 0.226 e. The Bertz CT molecular complexity index is 1110. The lowest BCUT2D eigenvalue weighted by molar-refractivity contribution is 0.112. The number of aliphatic hydroxyl groups is 1. The van der Waals surface area contributed by atoms with E-state index in [1.807, 2.05) is 0 Å². The fourth-order valence-electron chi connectivity index (χ4n) is 2.83. The van der Waals surface area contributed by atoms with Gasteiger partial charge >= 0.3 is 0 Å². The van der Waals surface area contributed by atoms with Crippen molar-refractivity contribution in [1.29, 1.82) is 0 Å². The molecule has 26 heavy (non-hydrogen) atoms. The first-order valence-corrected chi connectivity index (χ1v) is 7.95. The lowest BCUT2D eigenvalue weighted by Gasteiger charge is -2.03. The Morgan fingerprint density at radius 1 is 1.15 bits per heavy atom. The maximum absolute atomic E-state index is 13.4. The highest BCUT2D eigenvalue weighted by atomic mass is 19.1. The lowest BCUT2D eigenvalue weighted by Crippen LogP contribution is -2.00. The number of fused-ring (bicyclic) bond motifs is 1. The summed E-state index contributed by atoms with van der Waals surface area (Å²) in [6.45, 7) is 1.67. The Balaban J connectivity index is 1.72. The van der Waals surface area contributed by atoms with E-state index < -0.39 is 11.9 Å². The molecule has 0 radical (unpaired) electrons. The lowest BCUT2D eigenvalue weighted by atomic mass is 10.1. The van der Waals surface area contributed by atoms with Gasteiger partial charge < -0.3 is 13.9 Å². The minimum atomic E-state index is -1.15. The Kier molecular flexibility index (Phi) is 3.89. The van der Waals surface area contributed by atoms with E-state index in [9.17, 15) is 14.3 Å². The summed E-state index contributed by atoms with van der Waals surface area (Å²) in [7, 11) is 0. The fraction of sp³-hybridized carbons (Fsp3) is 0.100. The van der Waals surface area contributed by atoms with Crippen molar-refractivity contribution < 1.29 is 23.1 Å². The Morgan fingerprint density at radius 2 is 2.00 bits per heavy atom. The Labute approximate surface area is 147 Å². The molecule has 2 heterocycles. The number of oxazole rings is 1. The molecule has 0 fully saturated rings. The Morgan fingerprint density at radius 3 is 2.77 bits per heavy atom. The summed E-state index contributed by atoms with van der Waals surface area (Å²) in [5, 5.41) is 11.4. The molecular weight excluding hydrogens is 337 g/mol. The molecule has 1 unspecified atom stereocenters. The van der Waals surface area contributed by atoms with Gasteiger partial charge in [0.05, 0.1) is 0 Å². The zero-order valence-corrected chi connectivity index (χ0v) is 13.8. The van der Waals surface area contributed by atoms with Gasteiger partial charge in [0.25, 0.3) is 0 Å². The number of aromatic nitrogens is 1. The van der Waals surface area contributed by atoms with E-state index in [-0.39, 0.29) is 11.7 Å². The van der Waals surface area contributed by atoms with Gasteiger partial charge in [-0.25, -0.2) is 9.37 Å². The minimum Gasteiger partial charge on any atom is -0.458 e. The first kappa shape index (κ1) is 16.2. The van der Waals surface area contributed by atoms with Crippen molar-refractivity contribution in [3.63, 3.8) is 0 Å². The van der Waals surface area contributed by atoms with Gasteiger partial charge in [0.15, 0.2) is 6.10 Å². The summed E-state index contributed by atoms with van der Waals surface area (Å²) >= 11 is 0. The van der Waals surface area contributed by atoms with Crippen molar-refractivity contribution in [2.75, 3.05) is 0 Å². The minimum absolute atomic E-state index is 0.218. The average molecular weight is 351 g/mol. The number of hydrogen-bond donors (Lipinski definition) is 1. The normalized spacial score (nSPS) is 12.4. The number of aliphatic hydroxyl groups excluding tert-OH is 1. The molecule has 2 aromatic carbocycles. The molecule has 0 bridgehead atoms. The monoisotopic (exact) mass is 351 g/mol. The number of rotatable bonds is 4. The molecule has 0 aliphatic rings. The van der Waals surface area contributed by atoms with Gasteiger partial charge in [0.2, 0.25) is 5.89 Å². The van der Waals surface area contributed by atoms with Gasteiger partial charge in [0.1, 0.15) is 34.9 Å². The van der Waals surface area contributed by atoms with Crippen LogP contribution in [0, 0.1) is 12.7 Å². The number of carbonyl (C=O) groups excluding carboxylic acids is 1. The van der Waals surface area contributed by atoms with Gasteiger partial charge in [-0.2, -0.15) is 0 Å². The number of furan rings is 1. The number of carbonyl (C=O) groups is 1. The molecule has 0 aliphatic heterocycles. The summed E-state index contributed by atoms with van der Waals surface area (Å²) < 4.78 is 24.7. The van der Waals surface area contributed by atoms with Crippen LogP contribution in [0.15, 0.2) is 57.4 Å². The van der Waals surface area contributed by atoms with Crippen LogP contribution < -0.4 is 0 Å². The first-order chi connectivity index (χ1) is 12.5. The zero-order chi connectivity index (χ0) is 18.3. The molecule has 2 aromatic heterocycles. The van der Waals surface area contributed by atoms with Crippen LogP contribution in [0.4, 0.5) is 4.39 Å². The molecular formula is C20H14FNO4. The molecule has 1 N–H and O–H groups in total. The number of nitrogens with zero attached hydrogens (tertiary/aromatic N) is 1. The van der Waals surface area contributed by atoms with E-state index in [1.54, 1.807) is 43.3 Å². The highest BCUT2D eigenvalue weighted by Crippen LogP contribution is 2.32. The number of hydrogen-bond acceptors (Lipinski definition) is 5. The van der Waals surface area contributed by atoms with Crippen LogP contribution >= 0.6 is 0 Å². The fourth-order valence-corrected chi connectivity index (χ4v) is 2.83. The molecule has 130 valence electrons. The molecule has 4 aromatic rings. The maximum atomic E-state index is 13.4. The largest absolute Gasteiger partial charge is 0.458 e. The second-order valence-electron chi connectivity index (χ2n) is 5.94. The van der Waals surface area contributed by atoms with Gasteiger partial charge in [-0.3, -0.25) is 4.79 Å². The van der Waals surface area contributed by atoms with Crippen LogP contribution in [0.1, 0.15) is 33.7 Å². The van der Waals surface area contributed by atoms with Crippen molar-refractivity contribution in [3.8, 4) is 11.5 Å².